The van der Waals surface area contributed by atoms with Gasteiger partial charge < -0.3 is 15.3 Å². The van der Waals surface area contributed by atoms with Gasteiger partial charge in [0, 0.05) is 30.3 Å². The molecule has 136 valence electrons. The zero-order valence-electron chi connectivity index (χ0n) is 13.4. The molecular formula is C16H17F3N2O4. The first-order chi connectivity index (χ1) is 11.6. The lowest BCUT2D eigenvalue weighted by atomic mass is 10.1. The number of carboxylic acid groups (broad SMARTS) is 1. The predicted molar refractivity (Wildman–Crippen MR) is 82.2 cm³/mol. The maximum absolute atomic E-state index is 13.1. The van der Waals surface area contributed by atoms with Gasteiger partial charge in [-0.1, -0.05) is 0 Å². The Kier molecular flexibility index (Phi) is 5.34. The third-order valence-corrected chi connectivity index (χ3v) is 3.75. The van der Waals surface area contributed by atoms with Gasteiger partial charge in [0.2, 0.25) is 5.91 Å². The summed E-state index contributed by atoms with van der Waals surface area (Å²) >= 11 is 0. The smallest absolute Gasteiger partial charge is 0.416 e. The molecule has 0 spiro atoms. The standard InChI is InChI=1S/C16H17F3N2O4/c1-9(5-14(23)24)20-15(25)10-6-11(16(17,18)19)8-12(7-10)21-4-2-3-13(21)22/h6-9H,2-5H2,1H3,(H,20,25)(H,23,24). The zero-order valence-corrected chi connectivity index (χ0v) is 13.4. The van der Waals surface area contributed by atoms with E-state index >= 15 is 0 Å². The van der Waals surface area contributed by atoms with Gasteiger partial charge >= 0.3 is 12.1 Å². The molecular weight excluding hydrogens is 341 g/mol. The largest absolute Gasteiger partial charge is 0.481 e. The first-order valence-corrected chi connectivity index (χ1v) is 7.63. The number of alkyl halides is 3. The molecule has 1 unspecified atom stereocenters. The Morgan fingerprint density at radius 3 is 2.52 bits per heavy atom. The molecule has 0 aromatic heterocycles. The zero-order chi connectivity index (χ0) is 18.8. The van der Waals surface area contributed by atoms with Crippen LogP contribution in [0.1, 0.15) is 42.1 Å². The summed E-state index contributed by atoms with van der Waals surface area (Å²) in [5.41, 5.74) is -1.31. The Balaban J connectivity index is 2.34. The van der Waals surface area contributed by atoms with E-state index in [1.807, 2.05) is 0 Å². The van der Waals surface area contributed by atoms with Crippen LogP contribution >= 0.6 is 0 Å². The third-order valence-electron chi connectivity index (χ3n) is 3.75. The number of nitrogens with zero attached hydrogens (tertiary/aromatic N) is 1. The number of hydrogen-bond acceptors (Lipinski definition) is 3. The van der Waals surface area contributed by atoms with Crippen molar-refractivity contribution in [3.8, 4) is 0 Å². The second kappa shape index (κ2) is 7.12. The molecule has 0 aliphatic carbocycles. The fraction of sp³-hybridized carbons (Fsp3) is 0.438. The summed E-state index contributed by atoms with van der Waals surface area (Å²) in [6.45, 7) is 1.72. The topological polar surface area (TPSA) is 86.7 Å². The van der Waals surface area contributed by atoms with Crippen molar-refractivity contribution in [2.24, 2.45) is 0 Å². The summed E-state index contributed by atoms with van der Waals surface area (Å²) < 4.78 is 39.4. The molecule has 1 fully saturated rings. The number of hydrogen-bond donors (Lipinski definition) is 2. The normalized spacial score (nSPS) is 16.0. The lowest BCUT2D eigenvalue weighted by molar-refractivity contribution is -0.138. The molecule has 1 atom stereocenters. The van der Waals surface area contributed by atoms with Crippen LogP contribution < -0.4 is 10.2 Å². The van der Waals surface area contributed by atoms with Crippen molar-refractivity contribution in [2.75, 3.05) is 11.4 Å². The second-order valence-corrected chi connectivity index (χ2v) is 5.89. The number of carbonyl (C=O) groups is 3. The first kappa shape index (κ1) is 18.8. The number of carbonyl (C=O) groups excluding carboxylic acids is 2. The molecule has 1 aromatic carbocycles. The average Bonchev–Trinajstić information content (AvgIpc) is 2.91. The second-order valence-electron chi connectivity index (χ2n) is 5.89. The van der Waals surface area contributed by atoms with E-state index in [2.05, 4.69) is 5.32 Å². The summed E-state index contributed by atoms with van der Waals surface area (Å²) in [6.07, 6.45) is -4.26. The van der Waals surface area contributed by atoms with Crippen molar-refractivity contribution < 1.29 is 32.7 Å². The van der Waals surface area contributed by atoms with Crippen LogP contribution in [0.3, 0.4) is 0 Å². The molecule has 2 N–H and O–H groups in total. The highest BCUT2D eigenvalue weighted by Gasteiger charge is 2.33. The Morgan fingerprint density at radius 1 is 1.32 bits per heavy atom. The average molecular weight is 358 g/mol. The van der Waals surface area contributed by atoms with Crippen LogP contribution in [0.15, 0.2) is 18.2 Å². The van der Waals surface area contributed by atoms with E-state index in [0.717, 1.165) is 6.07 Å². The predicted octanol–water partition coefficient (Wildman–Crippen LogP) is 2.43. The SMILES string of the molecule is CC(CC(=O)O)NC(=O)c1cc(N2CCCC2=O)cc(C(F)(F)F)c1. The molecule has 0 saturated carbocycles. The van der Waals surface area contributed by atoms with E-state index in [4.69, 9.17) is 5.11 Å². The molecule has 0 radical (unpaired) electrons. The minimum absolute atomic E-state index is 0.00774. The highest BCUT2D eigenvalue weighted by Crippen LogP contribution is 2.34. The Hall–Kier alpha value is -2.58. The van der Waals surface area contributed by atoms with Gasteiger partial charge in [0.15, 0.2) is 0 Å². The molecule has 1 saturated heterocycles. The molecule has 1 aliphatic rings. The van der Waals surface area contributed by atoms with Crippen LogP contribution in [0.2, 0.25) is 0 Å². The van der Waals surface area contributed by atoms with Crippen molar-refractivity contribution >= 4 is 23.5 Å². The number of aliphatic carboxylic acids is 1. The highest BCUT2D eigenvalue weighted by atomic mass is 19.4. The Bertz CT molecular complexity index is 703. The van der Waals surface area contributed by atoms with Gasteiger partial charge in [0.05, 0.1) is 12.0 Å². The molecule has 0 bridgehead atoms. The van der Waals surface area contributed by atoms with Gasteiger partial charge in [-0.25, -0.2) is 0 Å². The number of anilines is 1. The van der Waals surface area contributed by atoms with Crippen LogP contribution in [0.5, 0.6) is 0 Å². The van der Waals surface area contributed by atoms with Crippen LogP contribution in [-0.2, 0) is 15.8 Å². The van der Waals surface area contributed by atoms with Gasteiger partial charge in [-0.3, -0.25) is 14.4 Å². The van der Waals surface area contributed by atoms with Crippen molar-refractivity contribution in [3.05, 3.63) is 29.3 Å². The fourth-order valence-corrected chi connectivity index (χ4v) is 2.60. The molecule has 2 rings (SSSR count). The van der Waals surface area contributed by atoms with E-state index < -0.39 is 29.7 Å². The maximum atomic E-state index is 13.1. The van der Waals surface area contributed by atoms with Crippen LogP contribution in [-0.4, -0.2) is 35.5 Å². The summed E-state index contributed by atoms with van der Waals surface area (Å²) in [4.78, 5) is 35.8. The van der Waals surface area contributed by atoms with E-state index in [-0.39, 0.29) is 36.5 Å². The molecule has 2 amide bonds. The van der Waals surface area contributed by atoms with Crippen molar-refractivity contribution in [3.63, 3.8) is 0 Å². The minimum atomic E-state index is -4.68. The monoisotopic (exact) mass is 358 g/mol. The number of halogens is 3. The molecule has 9 heteroatoms. The van der Waals surface area contributed by atoms with E-state index in [1.165, 1.54) is 17.9 Å². The molecule has 25 heavy (non-hydrogen) atoms. The van der Waals surface area contributed by atoms with Crippen LogP contribution in [0, 0.1) is 0 Å². The van der Waals surface area contributed by atoms with Gasteiger partial charge in [0.25, 0.3) is 5.91 Å². The number of nitrogens with one attached hydrogen (secondary N) is 1. The van der Waals surface area contributed by atoms with Gasteiger partial charge in [-0.2, -0.15) is 13.2 Å². The molecule has 1 heterocycles. The third kappa shape index (κ3) is 4.71. The Morgan fingerprint density at radius 2 is 2.00 bits per heavy atom. The van der Waals surface area contributed by atoms with Crippen molar-refractivity contribution in [2.45, 2.75) is 38.4 Å². The summed E-state index contributed by atoms with van der Waals surface area (Å²) in [6, 6.07) is 1.98. The van der Waals surface area contributed by atoms with E-state index in [1.54, 1.807) is 0 Å². The molecule has 1 aromatic rings. The minimum Gasteiger partial charge on any atom is -0.481 e. The Labute approximate surface area is 141 Å². The van der Waals surface area contributed by atoms with Gasteiger partial charge in [-0.05, 0) is 31.5 Å². The van der Waals surface area contributed by atoms with E-state index in [9.17, 15) is 27.6 Å². The number of carboxylic acids is 1. The van der Waals surface area contributed by atoms with Gasteiger partial charge in [0.1, 0.15) is 0 Å². The van der Waals surface area contributed by atoms with Crippen molar-refractivity contribution in [1.29, 1.82) is 0 Å². The highest BCUT2D eigenvalue weighted by molar-refractivity contribution is 5.99. The van der Waals surface area contributed by atoms with Crippen molar-refractivity contribution in [1.82, 2.24) is 5.32 Å². The lowest BCUT2D eigenvalue weighted by Crippen LogP contribution is -2.34. The quantitative estimate of drug-likeness (QED) is 0.846. The van der Waals surface area contributed by atoms with E-state index in [0.29, 0.717) is 12.5 Å². The van der Waals surface area contributed by atoms with Crippen LogP contribution in [0.4, 0.5) is 18.9 Å². The molecule has 1 aliphatic heterocycles. The summed E-state index contributed by atoms with van der Waals surface area (Å²) in [5, 5.41) is 11.0. The van der Waals surface area contributed by atoms with Crippen LogP contribution in [0.25, 0.3) is 0 Å². The van der Waals surface area contributed by atoms with Gasteiger partial charge in [-0.15, -0.1) is 0 Å². The maximum Gasteiger partial charge on any atom is 0.416 e. The molecule has 6 nitrogen and oxygen atoms in total. The number of amides is 2. The number of rotatable bonds is 5. The first-order valence-electron chi connectivity index (χ1n) is 7.63. The number of benzene rings is 1. The summed E-state index contributed by atoms with van der Waals surface area (Å²) in [5.74, 6) is -2.27. The summed E-state index contributed by atoms with van der Waals surface area (Å²) in [7, 11) is 0. The fourth-order valence-electron chi connectivity index (χ4n) is 2.60. The lowest BCUT2D eigenvalue weighted by Gasteiger charge is -2.20.